The van der Waals surface area contributed by atoms with E-state index in [1.165, 1.54) is 0 Å². The van der Waals surface area contributed by atoms with Crippen molar-refractivity contribution in [1.29, 1.82) is 0 Å². The van der Waals surface area contributed by atoms with Gasteiger partial charge in [0.1, 0.15) is 0 Å². The number of nitrogens with zero attached hydrogens (tertiary/aromatic N) is 1. The normalized spacial score (nSPS) is 11.5. The summed E-state index contributed by atoms with van der Waals surface area (Å²) in [5, 5.41) is 0. The summed E-state index contributed by atoms with van der Waals surface area (Å²) in [5.41, 5.74) is 0.844. The summed E-state index contributed by atoms with van der Waals surface area (Å²) in [5.74, 6) is 0.110. The average molecular weight is 155 g/mol. The molecule has 0 radical (unpaired) electrons. The second-order valence-electron chi connectivity index (χ2n) is 2.88. The van der Waals surface area contributed by atoms with Gasteiger partial charge in [0, 0.05) is 19.7 Å². The van der Waals surface area contributed by atoms with Gasteiger partial charge < -0.3 is 4.90 Å². The lowest BCUT2D eigenvalue weighted by Crippen LogP contribution is -2.22. The van der Waals surface area contributed by atoms with Crippen molar-refractivity contribution in [3.63, 3.8) is 0 Å². The molecule has 0 aromatic rings. The highest BCUT2D eigenvalue weighted by Crippen LogP contribution is 2.00. The lowest BCUT2D eigenvalue weighted by atomic mass is 10.2. The van der Waals surface area contributed by atoms with E-state index in [0.717, 1.165) is 18.4 Å². The van der Waals surface area contributed by atoms with E-state index < -0.39 is 0 Å². The zero-order chi connectivity index (χ0) is 8.85. The Morgan fingerprint density at radius 1 is 1.45 bits per heavy atom. The molecule has 0 aliphatic heterocycles. The third-order valence-electron chi connectivity index (χ3n) is 1.48. The third-order valence-corrected chi connectivity index (χ3v) is 1.48. The molecule has 0 spiro atoms. The van der Waals surface area contributed by atoms with Crippen LogP contribution in [0.25, 0.3) is 0 Å². The van der Waals surface area contributed by atoms with Crippen molar-refractivity contribution >= 4 is 5.91 Å². The Kier molecular flexibility index (Phi) is 4.59. The lowest BCUT2D eigenvalue weighted by molar-refractivity contribution is -0.124. The molecule has 0 bridgehead atoms. The monoisotopic (exact) mass is 155 g/mol. The van der Waals surface area contributed by atoms with E-state index in [1.54, 1.807) is 19.0 Å². The van der Waals surface area contributed by atoms with Crippen LogP contribution >= 0.6 is 0 Å². The number of hydrogen-bond donors (Lipinski definition) is 0. The summed E-state index contributed by atoms with van der Waals surface area (Å²) < 4.78 is 0. The Morgan fingerprint density at radius 2 is 2.00 bits per heavy atom. The Morgan fingerprint density at radius 3 is 2.36 bits per heavy atom. The van der Waals surface area contributed by atoms with Gasteiger partial charge in [0.2, 0.25) is 5.91 Å². The van der Waals surface area contributed by atoms with E-state index in [2.05, 4.69) is 6.92 Å². The average Bonchev–Trinajstić information content (AvgIpc) is 1.98. The molecule has 0 saturated heterocycles. The highest BCUT2D eigenvalue weighted by atomic mass is 16.2. The van der Waals surface area contributed by atoms with Gasteiger partial charge in [0.15, 0.2) is 0 Å². The van der Waals surface area contributed by atoms with Gasteiger partial charge in [-0.1, -0.05) is 19.4 Å². The number of carbonyl (C=O) groups excluding carboxylic acids is 1. The van der Waals surface area contributed by atoms with Crippen molar-refractivity contribution in [3.05, 3.63) is 11.6 Å². The molecule has 2 nitrogen and oxygen atoms in total. The van der Waals surface area contributed by atoms with Crippen LogP contribution in [0.5, 0.6) is 0 Å². The first-order valence-electron chi connectivity index (χ1n) is 3.98. The maximum atomic E-state index is 11.2. The first-order chi connectivity index (χ1) is 5.09. The van der Waals surface area contributed by atoms with Gasteiger partial charge in [-0.15, -0.1) is 0 Å². The molecule has 0 unspecified atom stereocenters. The molecular formula is C9H17NO. The molecule has 0 heterocycles. The van der Waals surface area contributed by atoms with Crippen LogP contribution in [0.15, 0.2) is 11.6 Å². The molecule has 2 heteroatoms. The van der Waals surface area contributed by atoms with E-state index >= 15 is 0 Å². The van der Waals surface area contributed by atoms with Gasteiger partial charge in [0.25, 0.3) is 0 Å². The van der Waals surface area contributed by atoms with Crippen molar-refractivity contribution in [1.82, 2.24) is 4.90 Å². The van der Waals surface area contributed by atoms with Crippen LogP contribution in [-0.2, 0) is 4.79 Å². The number of likely N-dealkylation sites (N-methyl/N-ethyl adjacent to an activating group) is 1. The summed E-state index contributed by atoms with van der Waals surface area (Å²) in [6.07, 6.45) is 4.08. The molecule has 0 aliphatic carbocycles. The van der Waals surface area contributed by atoms with E-state index in [0.29, 0.717) is 0 Å². The molecule has 0 N–H and O–H groups in total. The lowest BCUT2D eigenvalue weighted by Gasteiger charge is -2.09. The van der Waals surface area contributed by atoms with Gasteiger partial charge in [-0.05, 0) is 13.3 Å². The predicted molar refractivity (Wildman–Crippen MR) is 47.4 cm³/mol. The second kappa shape index (κ2) is 4.94. The van der Waals surface area contributed by atoms with E-state index in [9.17, 15) is 4.79 Å². The molecule has 64 valence electrons. The third kappa shape index (κ3) is 3.81. The van der Waals surface area contributed by atoms with Gasteiger partial charge in [-0.3, -0.25) is 4.79 Å². The van der Waals surface area contributed by atoms with Crippen LogP contribution in [0.4, 0.5) is 0 Å². The fourth-order valence-electron chi connectivity index (χ4n) is 0.801. The zero-order valence-electron chi connectivity index (χ0n) is 7.85. The van der Waals surface area contributed by atoms with E-state index in [4.69, 9.17) is 0 Å². The quantitative estimate of drug-likeness (QED) is 0.569. The first-order valence-corrected chi connectivity index (χ1v) is 3.98. The number of rotatable bonds is 3. The zero-order valence-corrected chi connectivity index (χ0v) is 7.85. The number of carbonyl (C=O) groups is 1. The summed E-state index contributed by atoms with van der Waals surface area (Å²) in [4.78, 5) is 12.8. The number of allylic oxidation sites excluding steroid dienone is 1. The highest BCUT2D eigenvalue weighted by Gasteiger charge is 2.04. The Balaban J connectivity index is 4.01. The smallest absolute Gasteiger partial charge is 0.248 e. The summed E-state index contributed by atoms with van der Waals surface area (Å²) >= 11 is 0. The van der Waals surface area contributed by atoms with Gasteiger partial charge >= 0.3 is 0 Å². The maximum Gasteiger partial charge on any atom is 0.248 e. The van der Waals surface area contributed by atoms with Crippen molar-refractivity contribution in [2.45, 2.75) is 26.7 Å². The maximum absolute atomic E-state index is 11.2. The number of unbranched alkanes of at least 4 members (excludes halogenated alkanes) is 1. The van der Waals surface area contributed by atoms with Crippen molar-refractivity contribution in [2.24, 2.45) is 0 Å². The topological polar surface area (TPSA) is 20.3 Å². The molecule has 0 aromatic heterocycles. The molecular weight excluding hydrogens is 138 g/mol. The van der Waals surface area contributed by atoms with Crippen molar-refractivity contribution < 1.29 is 4.79 Å². The largest absolute Gasteiger partial charge is 0.345 e. The predicted octanol–water partition coefficient (Wildman–Crippen LogP) is 1.82. The summed E-state index contributed by atoms with van der Waals surface area (Å²) in [6, 6.07) is 0. The number of amides is 1. The minimum Gasteiger partial charge on any atom is -0.345 e. The van der Waals surface area contributed by atoms with Gasteiger partial charge in [0.05, 0.1) is 0 Å². The SMILES string of the molecule is CCCC=C(C)C(=O)N(C)C. The van der Waals surface area contributed by atoms with Crippen LogP contribution in [-0.4, -0.2) is 24.9 Å². The molecule has 0 atom stereocenters. The van der Waals surface area contributed by atoms with Crippen LogP contribution < -0.4 is 0 Å². The Bertz CT molecular complexity index is 159. The molecule has 0 fully saturated rings. The van der Waals surface area contributed by atoms with E-state index in [1.807, 2.05) is 13.0 Å². The number of hydrogen-bond acceptors (Lipinski definition) is 1. The summed E-state index contributed by atoms with van der Waals surface area (Å²) in [7, 11) is 3.54. The molecule has 11 heavy (non-hydrogen) atoms. The first kappa shape index (κ1) is 10.2. The van der Waals surface area contributed by atoms with Crippen LogP contribution in [0.3, 0.4) is 0 Å². The van der Waals surface area contributed by atoms with Crippen LogP contribution in [0, 0.1) is 0 Å². The standard InChI is InChI=1S/C9H17NO/c1-5-6-7-8(2)9(11)10(3)4/h7H,5-6H2,1-4H3. The molecule has 0 saturated carbocycles. The second-order valence-corrected chi connectivity index (χ2v) is 2.88. The highest BCUT2D eigenvalue weighted by molar-refractivity contribution is 5.92. The Hall–Kier alpha value is -0.790. The molecule has 0 aliphatic rings. The Labute approximate surface area is 68.9 Å². The fraction of sp³-hybridized carbons (Fsp3) is 0.667. The summed E-state index contributed by atoms with van der Waals surface area (Å²) in [6.45, 7) is 3.96. The van der Waals surface area contributed by atoms with Gasteiger partial charge in [-0.2, -0.15) is 0 Å². The minimum absolute atomic E-state index is 0.110. The minimum atomic E-state index is 0.110. The fourth-order valence-corrected chi connectivity index (χ4v) is 0.801. The van der Waals surface area contributed by atoms with Gasteiger partial charge in [-0.25, -0.2) is 0 Å². The van der Waals surface area contributed by atoms with Crippen molar-refractivity contribution in [3.8, 4) is 0 Å². The molecule has 0 rings (SSSR count). The van der Waals surface area contributed by atoms with Crippen LogP contribution in [0.1, 0.15) is 26.7 Å². The van der Waals surface area contributed by atoms with Crippen LogP contribution in [0.2, 0.25) is 0 Å². The van der Waals surface area contributed by atoms with E-state index in [-0.39, 0.29) is 5.91 Å². The van der Waals surface area contributed by atoms with Crippen molar-refractivity contribution in [2.75, 3.05) is 14.1 Å². The molecule has 0 aromatic carbocycles. The molecule has 1 amide bonds.